The summed E-state index contributed by atoms with van der Waals surface area (Å²) < 4.78 is 0. The quantitative estimate of drug-likeness (QED) is 0.757. The van der Waals surface area contributed by atoms with Gasteiger partial charge in [-0.25, -0.2) is 4.79 Å². The molecular weight excluding hydrogens is 216 g/mol. The van der Waals surface area contributed by atoms with Crippen molar-refractivity contribution < 1.29 is 9.90 Å². The van der Waals surface area contributed by atoms with Crippen molar-refractivity contribution in [2.24, 2.45) is 0 Å². The van der Waals surface area contributed by atoms with E-state index in [0.717, 1.165) is 6.42 Å². The maximum absolute atomic E-state index is 10.9. The van der Waals surface area contributed by atoms with Crippen LogP contribution in [0, 0.1) is 12.3 Å². The second kappa shape index (κ2) is 5.42. The molecule has 17 heavy (non-hydrogen) atoms. The largest absolute Gasteiger partial charge is 0.465 e. The standard InChI is InChI=1S/C13H20N2O2/c1-2-8-15(11-5-3-4-6-11)12-7-9-14(10-12)13(16)17/h1,11-12H,3-10H2,(H,16,17). The molecule has 1 unspecified atom stereocenters. The molecule has 1 saturated heterocycles. The Bertz CT molecular complexity index is 318. The predicted octanol–water partition coefficient (Wildman–Crippen LogP) is 1.62. The summed E-state index contributed by atoms with van der Waals surface area (Å²) >= 11 is 0. The molecule has 4 heteroatoms. The smallest absolute Gasteiger partial charge is 0.407 e. The molecule has 0 radical (unpaired) electrons. The fourth-order valence-electron chi connectivity index (χ4n) is 3.08. The zero-order valence-electron chi connectivity index (χ0n) is 10.1. The minimum atomic E-state index is -0.806. The van der Waals surface area contributed by atoms with E-state index in [2.05, 4.69) is 10.8 Å². The zero-order valence-corrected chi connectivity index (χ0v) is 10.1. The van der Waals surface area contributed by atoms with Crippen molar-refractivity contribution in [3.63, 3.8) is 0 Å². The SMILES string of the molecule is C#CCN(C1CCCC1)C1CCN(C(=O)O)C1. The maximum atomic E-state index is 10.9. The number of carboxylic acid groups (broad SMARTS) is 1. The molecule has 0 aromatic rings. The topological polar surface area (TPSA) is 43.8 Å². The van der Waals surface area contributed by atoms with Crippen LogP contribution in [0.3, 0.4) is 0 Å². The molecule has 94 valence electrons. The van der Waals surface area contributed by atoms with Crippen molar-refractivity contribution in [1.29, 1.82) is 0 Å². The average Bonchev–Trinajstić information content (AvgIpc) is 2.97. The van der Waals surface area contributed by atoms with E-state index >= 15 is 0 Å². The average molecular weight is 236 g/mol. The van der Waals surface area contributed by atoms with Gasteiger partial charge in [0.15, 0.2) is 0 Å². The van der Waals surface area contributed by atoms with Gasteiger partial charge in [0.25, 0.3) is 0 Å². The molecule has 2 fully saturated rings. The summed E-state index contributed by atoms with van der Waals surface area (Å²) in [7, 11) is 0. The first-order chi connectivity index (χ1) is 8.22. The summed E-state index contributed by atoms with van der Waals surface area (Å²) in [5.41, 5.74) is 0. The highest BCUT2D eigenvalue weighted by Gasteiger charge is 2.34. The fourth-order valence-corrected chi connectivity index (χ4v) is 3.08. The molecule has 1 heterocycles. The Balaban J connectivity index is 1.97. The molecule has 0 spiro atoms. The molecule has 1 atom stereocenters. The minimum Gasteiger partial charge on any atom is -0.465 e. The Morgan fingerprint density at radius 2 is 2.06 bits per heavy atom. The Kier molecular flexibility index (Phi) is 3.90. The number of rotatable bonds is 3. The van der Waals surface area contributed by atoms with E-state index in [4.69, 9.17) is 11.5 Å². The van der Waals surface area contributed by atoms with Gasteiger partial charge in [-0.15, -0.1) is 6.42 Å². The molecule has 0 aromatic heterocycles. The maximum Gasteiger partial charge on any atom is 0.407 e. The van der Waals surface area contributed by atoms with Gasteiger partial charge in [0.2, 0.25) is 0 Å². The minimum absolute atomic E-state index is 0.324. The molecule has 1 N–H and O–H groups in total. The van der Waals surface area contributed by atoms with Gasteiger partial charge >= 0.3 is 6.09 Å². The van der Waals surface area contributed by atoms with E-state index in [9.17, 15) is 4.79 Å². The lowest BCUT2D eigenvalue weighted by molar-refractivity contribution is 0.136. The lowest BCUT2D eigenvalue weighted by atomic mass is 10.1. The van der Waals surface area contributed by atoms with Crippen molar-refractivity contribution in [2.75, 3.05) is 19.6 Å². The van der Waals surface area contributed by atoms with E-state index in [1.807, 2.05) is 0 Å². The molecular formula is C13H20N2O2. The number of nitrogens with zero attached hydrogens (tertiary/aromatic N) is 2. The number of carbonyl (C=O) groups is 1. The van der Waals surface area contributed by atoms with Gasteiger partial charge in [0, 0.05) is 25.2 Å². The summed E-state index contributed by atoms with van der Waals surface area (Å²) in [4.78, 5) is 14.8. The highest BCUT2D eigenvalue weighted by Crippen LogP contribution is 2.27. The van der Waals surface area contributed by atoms with Crippen LogP contribution in [0.1, 0.15) is 32.1 Å². The van der Waals surface area contributed by atoms with E-state index < -0.39 is 6.09 Å². The first-order valence-electron chi connectivity index (χ1n) is 6.39. The third-order valence-electron chi connectivity index (χ3n) is 3.97. The van der Waals surface area contributed by atoms with Crippen molar-refractivity contribution in [2.45, 2.75) is 44.2 Å². The summed E-state index contributed by atoms with van der Waals surface area (Å²) in [5, 5.41) is 8.98. The molecule has 0 bridgehead atoms. The van der Waals surface area contributed by atoms with Crippen molar-refractivity contribution >= 4 is 6.09 Å². The van der Waals surface area contributed by atoms with Crippen LogP contribution < -0.4 is 0 Å². The summed E-state index contributed by atoms with van der Waals surface area (Å²) in [6, 6.07) is 0.898. The van der Waals surface area contributed by atoms with Gasteiger partial charge in [-0.1, -0.05) is 18.8 Å². The van der Waals surface area contributed by atoms with Gasteiger partial charge in [0.05, 0.1) is 6.54 Å². The number of hydrogen-bond acceptors (Lipinski definition) is 2. The monoisotopic (exact) mass is 236 g/mol. The van der Waals surface area contributed by atoms with E-state index in [1.54, 1.807) is 0 Å². The Morgan fingerprint density at radius 1 is 1.35 bits per heavy atom. The second-order valence-corrected chi connectivity index (χ2v) is 4.99. The van der Waals surface area contributed by atoms with Crippen LogP contribution in [0.5, 0.6) is 0 Å². The Morgan fingerprint density at radius 3 is 2.59 bits per heavy atom. The van der Waals surface area contributed by atoms with Crippen molar-refractivity contribution in [3.05, 3.63) is 0 Å². The second-order valence-electron chi connectivity index (χ2n) is 4.99. The van der Waals surface area contributed by atoms with Gasteiger partial charge in [-0.05, 0) is 19.3 Å². The van der Waals surface area contributed by atoms with Crippen LogP contribution in [0.25, 0.3) is 0 Å². The highest BCUT2D eigenvalue weighted by atomic mass is 16.4. The number of amides is 1. The summed E-state index contributed by atoms with van der Waals surface area (Å²) in [5.74, 6) is 2.73. The van der Waals surface area contributed by atoms with Crippen LogP contribution in [0.2, 0.25) is 0 Å². The summed E-state index contributed by atoms with van der Waals surface area (Å²) in [6.45, 7) is 1.92. The van der Waals surface area contributed by atoms with Gasteiger partial charge < -0.3 is 10.0 Å². The Hall–Kier alpha value is -1.21. The summed E-state index contributed by atoms with van der Waals surface area (Å²) in [6.07, 6.45) is 10.5. The van der Waals surface area contributed by atoms with Crippen LogP contribution in [-0.2, 0) is 0 Å². The van der Waals surface area contributed by atoms with Gasteiger partial charge in [0.1, 0.15) is 0 Å². The van der Waals surface area contributed by atoms with E-state index in [0.29, 0.717) is 31.7 Å². The van der Waals surface area contributed by atoms with Crippen LogP contribution in [0.15, 0.2) is 0 Å². The number of terminal acetylenes is 1. The predicted molar refractivity (Wildman–Crippen MR) is 65.8 cm³/mol. The van der Waals surface area contributed by atoms with Crippen molar-refractivity contribution in [1.82, 2.24) is 9.80 Å². The lowest BCUT2D eigenvalue weighted by Crippen LogP contribution is -2.44. The first-order valence-corrected chi connectivity index (χ1v) is 6.39. The molecule has 2 aliphatic rings. The van der Waals surface area contributed by atoms with Gasteiger partial charge in [-0.2, -0.15) is 0 Å². The number of hydrogen-bond donors (Lipinski definition) is 1. The normalized spacial score (nSPS) is 25.4. The van der Waals surface area contributed by atoms with Crippen molar-refractivity contribution in [3.8, 4) is 12.3 Å². The number of likely N-dealkylation sites (tertiary alicyclic amines) is 1. The van der Waals surface area contributed by atoms with E-state index in [-0.39, 0.29) is 0 Å². The fraction of sp³-hybridized carbons (Fsp3) is 0.769. The molecule has 2 rings (SSSR count). The van der Waals surface area contributed by atoms with Crippen LogP contribution in [0.4, 0.5) is 4.79 Å². The molecule has 0 aromatic carbocycles. The van der Waals surface area contributed by atoms with Crippen LogP contribution >= 0.6 is 0 Å². The third kappa shape index (κ3) is 2.73. The Labute approximate surface area is 103 Å². The molecule has 4 nitrogen and oxygen atoms in total. The molecule has 1 aliphatic carbocycles. The molecule has 1 aliphatic heterocycles. The lowest BCUT2D eigenvalue weighted by Gasteiger charge is -2.32. The molecule has 1 saturated carbocycles. The third-order valence-corrected chi connectivity index (χ3v) is 3.97. The van der Waals surface area contributed by atoms with Crippen LogP contribution in [-0.4, -0.2) is 52.7 Å². The highest BCUT2D eigenvalue weighted by molar-refractivity contribution is 5.65. The van der Waals surface area contributed by atoms with E-state index in [1.165, 1.54) is 30.6 Å². The molecule has 1 amide bonds. The van der Waals surface area contributed by atoms with Gasteiger partial charge in [-0.3, -0.25) is 4.90 Å². The first kappa shape index (κ1) is 12.3. The zero-order chi connectivity index (χ0) is 12.3.